The monoisotopic (exact) mass is 356 g/mol. The Bertz CT molecular complexity index is 223. The number of ether oxygens (including phenoxy) is 1. The second kappa shape index (κ2) is 9.10. The normalized spacial score (nSPS) is 13.5. The lowest BCUT2D eigenvalue weighted by molar-refractivity contribution is -0.150. The quantitative estimate of drug-likeness (QED) is 0.238. The SMILES string of the molecule is CC(C)CCN(CI)COC(=O)C(N)C(C)C. The molecule has 102 valence electrons. The molecule has 2 N–H and O–H groups in total. The number of esters is 1. The summed E-state index contributed by atoms with van der Waals surface area (Å²) in [6.07, 6.45) is 1.11. The van der Waals surface area contributed by atoms with E-state index in [0.29, 0.717) is 12.6 Å². The van der Waals surface area contributed by atoms with Crippen molar-refractivity contribution in [1.29, 1.82) is 0 Å². The van der Waals surface area contributed by atoms with Crippen molar-refractivity contribution in [2.24, 2.45) is 17.6 Å². The molecule has 0 fully saturated rings. The predicted octanol–water partition coefficient (Wildman–Crippen LogP) is 2.21. The minimum absolute atomic E-state index is 0.117. The summed E-state index contributed by atoms with van der Waals surface area (Å²) in [5, 5.41) is 0. The molecular weight excluding hydrogens is 331 g/mol. The first-order valence-corrected chi connectivity index (χ1v) is 7.61. The van der Waals surface area contributed by atoms with E-state index in [-0.39, 0.29) is 11.9 Å². The van der Waals surface area contributed by atoms with Crippen LogP contribution in [0.3, 0.4) is 0 Å². The molecule has 0 rings (SSSR count). The number of hydrogen-bond donors (Lipinski definition) is 1. The van der Waals surface area contributed by atoms with Crippen LogP contribution in [0.1, 0.15) is 34.1 Å². The minimum Gasteiger partial charge on any atom is -0.448 e. The number of carbonyl (C=O) groups excluding carboxylic acids is 1. The van der Waals surface area contributed by atoms with E-state index in [0.717, 1.165) is 17.5 Å². The molecule has 0 saturated carbocycles. The van der Waals surface area contributed by atoms with Gasteiger partial charge in [0.1, 0.15) is 12.8 Å². The van der Waals surface area contributed by atoms with Gasteiger partial charge in [-0.3, -0.25) is 9.69 Å². The average molecular weight is 356 g/mol. The fraction of sp³-hybridized carbons (Fsp3) is 0.917. The van der Waals surface area contributed by atoms with Crippen molar-refractivity contribution >= 4 is 28.6 Å². The molecule has 17 heavy (non-hydrogen) atoms. The summed E-state index contributed by atoms with van der Waals surface area (Å²) in [4.78, 5) is 13.7. The van der Waals surface area contributed by atoms with Crippen LogP contribution in [0.5, 0.6) is 0 Å². The van der Waals surface area contributed by atoms with Gasteiger partial charge in [-0.15, -0.1) is 0 Å². The summed E-state index contributed by atoms with van der Waals surface area (Å²) < 4.78 is 6.06. The van der Waals surface area contributed by atoms with E-state index < -0.39 is 6.04 Å². The second-order valence-corrected chi connectivity index (χ2v) is 5.74. The number of nitrogens with zero attached hydrogens (tertiary/aromatic N) is 1. The van der Waals surface area contributed by atoms with Crippen LogP contribution in [0.25, 0.3) is 0 Å². The third kappa shape index (κ3) is 7.94. The van der Waals surface area contributed by atoms with Gasteiger partial charge in [-0.05, 0) is 18.3 Å². The molecule has 0 aliphatic rings. The number of alkyl halides is 1. The lowest BCUT2D eigenvalue weighted by Gasteiger charge is -2.22. The maximum atomic E-state index is 11.6. The smallest absolute Gasteiger partial charge is 0.324 e. The van der Waals surface area contributed by atoms with E-state index in [1.54, 1.807) is 0 Å². The topological polar surface area (TPSA) is 55.6 Å². The molecule has 4 nitrogen and oxygen atoms in total. The Kier molecular flexibility index (Phi) is 9.17. The van der Waals surface area contributed by atoms with Gasteiger partial charge in [0.05, 0.1) is 4.55 Å². The molecule has 5 heteroatoms. The molecule has 0 aromatic rings. The maximum Gasteiger partial charge on any atom is 0.324 e. The highest BCUT2D eigenvalue weighted by Crippen LogP contribution is 2.05. The number of rotatable bonds is 8. The molecule has 1 unspecified atom stereocenters. The third-order valence-electron chi connectivity index (χ3n) is 2.57. The van der Waals surface area contributed by atoms with Crippen LogP contribution < -0.4 is 5.73 Å². The highest BCUT2D eigenvalue weighted by Gasteiger charge is 2.19. The van der Waals surface area contributed by atoms with E-state index in [1.807, 2.05) is 13.8 Å². The average Bonchev–Trinajstić information content (AvgIpc) is 2.27. The van der Waals surface area contributed by atoms with Crippen molar-refractivity contribution in [3.63, 3.8) is 0 Å². The minimum atomic E-state index is -0.517. The molecular formula is C12H25IN2O2. The van der Waals surface area contributed by atoms with Crippen LogP contribution in [-0.4, -0.2) is 34.7 Å². The Labute approximate surface area is 118 Å². The van der Waals surface area contributed by atoms with Crippen molar-refractivity contribution in [1.82, 2.24) is 4.90 Å². The summed E-state index contributed by atoms with van der Waals surface area (Å²) in [5.41, 5.74) is 5.71. The third-order valence-corrected chi connectivity index (χ3v) is 3.54. The first kappa shape index (κ1) is 17.1. The van der Waals surface area contributed by atoms with E-state index in [4.69, 9.17) is 10.5 Å². The molecule has 0 aliphatic carbocycles. The highest BCUT2D eigenvalue weighted by atomic mass is 127. The van der Waals surface area contributed by atoms with Crippen LogP contribution in [0.15, 0.2) is 0 Å². The Morgan fingerprint density at radius 1 is 1.35 bits per heavy atom. The van der Waals surface area contributed by atoms with Crippen molar-refractivity contribution in [3.05, 3.63) is 0 Å². The van der Waals surface area contributed by atoms with Crippen LogP contribution in [0, 0.1) is 11.8 Å². The van der Waals surface area contributed by atoms with Crippen molar-refractivity contribution < 1.29 is 9.53 Å². The molecule has 0 aliphatic heterocycles. The van der Waals surface area contributed by atoms with Gasteiger partial charge in [0.2, 0.25) is 0 Å². The molecule has 0 amide bonds. The number of halogens is 1. The van der Waals surface area contributed by atoms with Gasteiger partial charge in [0.25, 0.3) is 0 Å². The predicted molar refractivity (Wildman–Crippen MR) is 78.8 cm³/mol. The molecule has 0 spiro atoms. The Balaban J connectivity index is 3.93. The molecule has 0 heterocycles. The van der Waals surface area contributed by atoms with E-state index in [9.17, 15) is 4.79 Å². The van der Waals surface area contributed by atoms with Gasteiger partial charge in [-0.25, -0.2) is 0 Å². The first-order valence-electron chi connectivity index (χ1n) is 6.09. The zero-order valence-corrected chi connectivity index (χ0v) is 13.4. The zero-order chi connectivity index (χ0) is 13.4. The Morgan fingerprint density at radius 3 is 2.35 bits per heavy atom. The molecule has 1 atom stereocenters. The van der Waals surface area contributed by atoms with Gasteiger partial charge in [0.15, 0.2) is 0 Å². The van der Waals surface area contributed by atoms with Gasteiger partial charge in [-0.2, -0.15) is 0 Å². The summed E-state index contributed by atoms with van der Waals surface area (Å²) >= 11 is 2.28. The highest BCUT2D eigenvalue weighted by molar-refractivity contribution is 14.1. The fourth-order valence-electron chi connectivity index (χ4n) is 1.12. The van der Waals surface area contributed by atoms with E-state index in [2.05, 4.69) is 41.3 Å². The van der Waals surface area contributed by atoms with Crippen LogP contribution in [0.4, 0.5) is 0 Å². The van der Waals surface area contributed by atoms with Crippen molar-refractivity contribution in [2.75, 3.05) is 17.8 Å². The van der Waals surface area contributed by atoms with Gasteiger partial charge in [0, 0.05) is 6.54 Å². The fourth-order valence-corrected chi connectivity index (χ4v) is 1.66. The van der Waals surface area contributed by atoms with E-state index >= 15 is 0 Å². The van der Waals surface area contributed by atoms with Gasteiger partial charge < -0.3 is 10.5 Å². The van der Waals surface area contributed by atoms with Crippen LogP contribution in [0.2, 0.25) is 0 Å². The Hall–Kier alpha value is 0.120. The van der Waals surface area contributed by atoms with Crippen molar-refractivity contribution in [3.8, 4) is 0 Å². The van der Waals surface area contributed by atoms with Crippen LogP contribution in [-0.2, 0) is 9.53 Å². The second-order valence-electron chi connectivity index (χ2n) is 5.06. The standard InChI is InChI=1S/C12H25IN2O2/c1-9(2)5-6-15(7-13)8-17-12(16)11(14)10(3)4/h9-11H,5-8,14H2,1-4H3. The summed E-state index contributed by atoms with van der Waals surface area (Å²) in [7, 11) is 0. The largest absolute Gasteiger partial charge is 0.448 e. The Morgan fingerprint density at radius 2 is 1.94 bits per heavy atom. The molecule has 0 aromatic heterocycles. The first-order chi connectivity index (χ1) is 7.88. The maximum absolute atomic E-state index is 11.6. The number of carbonyl (C=O) groups is 1. The summed E-state index contributed by atoms with van der Waals surface area (Å²) in [5.74, 6) is 0.472. The zero-order valence-electron chi connectivity index (χ0n) is 11.3. The molecule has 0 aromatic carbocycles. The van der Waals surface area contributed by atoms with Gasteiger partial charge >= 0.3 is 5.97 Å². The molecule has 0 bridgehead atoms. The summed E-state index contributed by atoms with van der Waals surface area (Å²) in [6.45, 7) is 9.50. The van der Waals surface area contributed by atoms with Crippen molar-refractivity contribution in [2.45, 2.75) is 40.2 Å². The number of nitrogens with two attached hydrogens (primary N) is 1. The molecule has 0 saturated heterocycles. The summed E-state index contributed by atoms with van der Waals surface area (Å²) in [6, 6.07) is -0.517. The lowest BCUT2D eigenvalue weighted by Crippen LogP contribution is -2.39. The van der Waals surface area contributed by atoms with Crippen LogP contribution >= 0.6 is 22.6 Å². The van der Waals surface area contributed by atoms with Gasteiger partial charge in [-0.1, -0.05) is 50.3 Å². The van der Waals surface area contributed by atoms with E-state index in [1.165, 1.54) is 0 Å². The molecule has 0 radical (unpaired) electrons. The number of hydrogen-bond acceptors (Lipinski definition) is 4. The lowest BCUT2D eigenvalue weighted by atomic mass is 10.1.